The Balaban J connectivity index is 2.25. The van der Waals surface area contributed by atoms with Crippen LogP contribution in [0.3, 0.4) is 0 Å². The first kappa shape index (κ1) is 14.5. The molecular formula is C12H13F3O3. The number of hydrogen-bond donors (Lipinski definition) is 0. The second-order valence-electron chi connectivity index (χ2n) is 3.60. The fourth-order valence-corrected chi connectivity index (χ4v) is 1.19. The lowest BCUT2D eigenvalue weighted by atomic mass is 10.1. The van der Waals surface area contributed by atoms with Crippen molar-refractivity contribution in [3.63, 3.8) is 0 Å². The first-order chi connectivity index (χ1) is 8.38. The molecular weight excluding hydrogens is 249 g/mol. The highest BCUT2D eigenvalue weighted by molar-refractivity contribution is 5.94. The number of alkyl halides is 3. The van der Waals surface area contributed by atoms with Crippen LogP contribution >= 0.6 is 0 Å². The van der Waals surface area contributed by atoms with Crippen LogP contribution in [-0.2, 0) is 4.74 Å². The predicted octanol–water partition coefficient (Wildman–Crippen LogP) is 2.85. The molecule has 1 aromatic carbocycles. The van der Waals surface area contributed by atoms with E-state index in [0.29, 0.717) is 11.3 Å². The zero-order valence-corrected chi connectivity index (χ0v) is 9.79. The van der Waals surface area contributed by atoms with Crippen LogP contribution in [0.1, 0.15) is 17.3 Å². The maximum atomic E-state index is 11.7. The molecule has 0 unspecified atom stereocenters. The number of benzene rings is 1. The van der Waals surface area contributed by atoms with Gasteiger partial charge in [-0.25, -0.2) is 0 Å². The van der Waals surface area contributed by atoms with Gasteiger partial charge in [0.1, 0.15) is 19.0 Å². The van der Waals surface area contributed by atoms with E-state index in [0.717, 1.165) is 0 Å². The number of carbonyl (C=O) groups excluding carboxylic acids is 1. The van der Waals surface area contributed by atoms with Crippen LogP contribution in [0.2, 0.25) is 0 Å². The van der Waals surface area contributed by atoms with Crippen molar-refractivity contribution in [3.05, 3.63) is 29.8 Å². The molecule has 0 saturated heterocycles. The van der Waals surface area contributed by atoms with Crippen LogP contribution in [0.4, 0.5) is 13.2 Å². The van der Waals surface area contributed by atoms with Gasteiger partial charge in [-0.3, -0.25) is 4.79 Å². The summed E-state index contributed by atoms with van der Waals surface area (Å²) < 4.78 is 44.7. The maximum absolute atomic E-state index is 11.7. The molecule has 0 aliphatic carbocycles. The Labute approximate surface area is 103 Å². The molecule has 0 fully saturated rings. The fraction of sp³-hybridized carbons (Fsp3) is 0.417. The molecule has 0 radical (unpaired) electrons. The van der Waals surface area contributed by atoms with Crippen LogP contribution < -0.4 is 4.74 Å². The number of rotatable bonds is 6. The molecule has 18 heavy (non-hydrogen) atoms. The van der Waals surface area contributed by atoms with Crippen molar-refractivity contribution in [1.82, 2.24) is 0 Å². The topological polar surface area (TPSA) is 35.5 Å². The minimum Gasteiger partial charge on any atom is -0.491 e. The number of hydrogen-bond acceptors (Lipinski definition) is 3. The molecule has 100 valence electrons. The number of Topliss-reactive ketones (excluding diaryl/α,β-unsaturated/α-hetero) is 1. The zero-order chi connectivity index (χ0) is 13.6. The van der Waals surface area contributed by atoms with Gasteiger partial charge in [-0.05, 0) is 31.2 Å². The van der Waals surface area contributed by atoms with Crippen LogP contribution in [0, 0.1) is 0 Å². The first-order valence-corrected chi connectivity index (χ1v) is 5.27. The van der Waals surface area contributed by atoms with E-state index in [9.17, 15) is 18.0 Å². The third-order valence-electron chi connectivity index (χ3n) is 2.02. The van der Waals surface area contributed by atoms with Crippen molar-refractivity contribution in [3.8, 4) is 5.75 Å². The van der Waals surface area contributed by atoms with Crippen molar-refractivity contribution in [2.45, 2.75) is 13.1 Å². The molecule has 1 rings (SSSR count). The van der Waals surface area contributed by atoms with Crippen molar-refractivity contribution in [2.24, 2.45) is 0 Å². The van der Waals surface area contributed by atoms with Crippen molar-refractivity contribution in [1.29, 1.82) is 0 Å². The van der Waals surface area contributed by atoms with Gasteiger partial charge in [0.15, 0.2) is 5.78 Å². The molecule has 6 heteroatoms. The van der Waals surface area contributed by atoms with Crippen LogP contribution in [-0.4, -0.2) is 31.8 Å². The fourth-order valence-electron chi connectivity index (χ4n) is 1.19. The molecule has 0 bridgehead atoms. The summed E-state index contributed by atoms with van der Waals surface area (Å²) in [4.78, 5) is 11.0. The molecule has 0 N–H and O–H groups in total. The summed E-state index contributed by atoms with van der Waals surface area (Å²) in [5, 5.41) is 0. The highest BCUT2D eigenvalue weighted by Gasteiger charge is 2.27. The van der Waals surface area contributed by atoms with Crippen LogP contribution in [0.25, 0.3) is 0 Å². The van der Waals surface area contributed by atoms with E-state index in [-0.39, 0.29) is 19.0 Å². The Kier molecular flexibility index (Phi) is 5.15. The minimum absolute atomic E-state index is 0.0233. The third kappa shape index (κ3) is 5.67. The van der Waals surface area contributed by atoms with Gasteiger partial charge >= 0.3 is 6.18 Å². The van der Waals surface area contributed by atoms with Gasteiger partial charge < -0.3 is 9.47 Å². The quantitative estimate of drug-likeness (QED) is 0.584. The lowest BCUT2D eigenvalue weighted by Gasteiger charge is -2.09. The van der Waals surface area contributed by atoms with Crippen molar-refractivity contribution in [2.75, 3.05) is 19.8 Å². The SMILES string of the molecule is CC(=O)c1ccc(OCCOCC(F)(F)F)cc1. The smallest absolute Gasteiger partial charge is 0.411 e. The second-order valence-corrected chi connectivity index (χ2v) is 3.60. The summed E-state index contributed by atoms with van der Waals surface area (Å²) in [7, 11) is 0. The van der Waals surface area contributed by atoms with Gasteiger partial charge in [0.2, 0.25) is 0 Å². The molecule has 0 aromatic heterocycles. The van der Waals surface area contributed by atoms with E-state index >= 15 is 0 Å². The molecule has 3 nitrogen and oxygen atoms in total. The van der Waals surface area contributed by atoms with Gasteiger partial charge in [-0.15, -0.1) is 0 Å². The van der Waals surface area contributed by atoms with E-state index in [1.165, 1.54) is 6.92 Å². The Morgan fingerprint density at radius 1 is 1.17 bits per heavy atom. The van der Waals surface area contributed by atoms with E-state index in [4.69, 9.17) is 4.74 Å². The maximum Gasteiger partial charge on any atom is 0.411 e. The van der Waals surface area contributed by atoms with Gasteiger partial charge in [-0.1, -0.05) is 0 Å². The first-order valence-electron chi connectivity index (χ1n) is 5.27. The Hall–Kier alpha value is -1.56. The number of halogens is 3. The lowest BCUT2D eigenvalue weighted by Crippen LogP contribution is -2.19. The molecule has 0 atom stereocenters. The summed E-state index contributed by atoms with van der Waals surface area (Å²) in [6.45, 7) is 0.0456. The van der Waals surface area contributed by atoms with Crippen molar-refractivity contribution >= 4 is 5.78 Å². The van der Waals surface area contributed by atoms with Gasteiger partial charge in [0, 0.05) is 5.56 Å². The van der Waals surface area contributed by atoms with Crippen LogP contribution in [0.5, 0.6) is 5.75 Å². The van der Waals surface area contributed by atoms with E-state index in [1.807, 2.05) is 0 Å². The Bertz CT molecular complexity index is 385. The Morgan fingerprint density at radius 3 is 2.28 bits per heavy atom. The minimum atomic E-state index is -4.32. The monoisotopic (exact) mass is 262 g/mol. The summed E-state index contributed by atoms with van der Waals surface area (Å²) in [5.74, 6) is 0.422. The largest absolute Gasteiger partial charge is 0.491 e. The zero-order valence-electron chi connectivity index (χ0n) is 9.79. The Morgan fingerprint density at radius 2 is 1.78 bits per heavy atom. The number of ketones is 1. The van der Waals surface area contributed by atoms with Crippen molar-refractivity contribution < 1.29 is 27.4 Å². The number of ether oxygens (including phenoxy) is 2. The van der Waals surface area contributed by atoms with E-state index in [1.54, 1.807) is 24.3 Å². The summed E-state index contributed by atoms with van der Waals surface area (Å²) in [6, 6.07) is 6.35. The van der Waals surface area contributed by atoms with E-state index < -0.39 is 12.8 Å². The van der Waals surface area contributed by atoms with Gasteiger partial charge in [-0.2, -0.15) is 13.2 Å². The lowest BCUT2D eigenvalue weighted by molar-refractivity contribution is -0.175. The molecule has 0 saturated carbocycles. The standard InChI is InChI=1S/C12H13F3O3/c1-9(16)10-2-4-11(5-3-10)18-7-6-17-8-12(13,14)15/h2-5H,6-8H2,1H3. The van der Waals surface area contributed by atoms with Crippen LogP contribution in [0.15, 0.2) is 24.3 Å². The predicted molar refractivity (Wildman–Crippen MR) is 58.8 cm³/mol. The summed E-state index contributed by atoms with van der Waals surface area (Å²) in [5.41, 5.74) is 0.552. The molecule has 0 aliphatic rings. The normalized spacial score (nSPS) is 11.3. The van der Waals surface area contributed by atoms with Gasteiger partial charge in [0.25, 0.3) is 0 Å². The summed E-state index contributed by atoms with van der Waals surface area (Å²) in [6.07, 6.45) is -4.32. The summed E-state index contributed by atoms with van der Waals surface area (Å²) >= 11 is 0. The average Bonchev–Trinajstić information content (AvgIpc) is 2.27. The van der Waals surface area contributed by atoms with Gasteiger partial charge in [0.05, 0.1) is 6.61 Å². The average molecular weight is 262 g/mol. The number of carbonyl (C=O) groups is 1. The van der Waals surface area contributed by atoms with E-state index in [2.05, 4.69) is 4.74 Å². The molecule has 0 spiro atoms. The molecule has 0 aliphatic heterocycles. The molecule has 0 amide bonds. The molecule has 0 heterocycles. The molecule has 1 aromatic rings. The third-order valence-corrected chi connectivity index (χ3v) is 2.02. The highest BCUT2D eigenvalue weighted by Crippen LogP contribution is 2.15. The highest BCUT2D eigenvalue weighted by atomic mass is 19.4. The second kappa shape index (κ2) is 6.39.